The number of ether oxygens (including phenoxy) is 1. The summed E-state index contributed by atoms with van der Waals surface area (Å²) in [6.07, 6.45) is 0. The van der Waals surface area contributed by atoms with E-state index in [9.17, 15) is 9.59 Å². The first-order valence-electron chi connectivity index (χ1n) is 7.95. The third-order valence-electron chi connectivity index (χ3n) is 3.84. The van der Waals surface area contributed by atoms with Crippen LogP contribution >= 0.6 is 0 Å². The van der Waals surface area contributed by atoms with E-state index in [2.05, 4.69) is 5.32 Å². The molecule has 0 atom stereocenters. The van der Waals surface area contributed by atoms with Gasteiger partial charge in [0.1, 0.15) is 5.75 Å². The van der Waals surface area contributed by atoms with Gasteiger partial charge in [0.25, 0.3) is 5.91 Å². The van der Waals surface area contributed by atoms with Crippen LogP contribution in [0, 0.1) is 11.3 Å². The highest BCUT2D eigenvalue weighted by atomic mass is 16.5. The summed E-state index contributed by atoms with van der Waals surface area (Å²) in [6, 6.07) is 13.6. The molecule has 1 amide bonds. The highest BCUT2D eigenvalue weighted by Crippen LogP contribution is 2.27. The summed E-state index contributed by atoms with van der Waals surface area (Å²) in [4.78, 5) is 24.5. The first-order chi connectivity index (χ1) is 12.0. The van der Waals surface area contributed by atoms with Crippen LogP contribution in [0.5, 0.6) is 5.75 Å². The molecule has 0 saturated heterocycles. The summed E-state index contributed by atoms with van der Waals surface area (Å²) < 4.78 is 5.31. The fraction of sp³-hybridized carbons (Fsp3) is 0.250. The molecule has 0 radical (unpaired) electrons. The maximum atomic E-state index is 12.4. The van der Waals surface area contributed by atoms with Gasteiger partial charge >= 0.3 is 0 Å². The zero-order chi connectivity index (χ0) is 18.4. The second kappa shape index (κ2) is 8.11. The van der Waals surface area contributed by atoms with Gasteiger partial charge in [-0.25, -0.2) is 0 Å². The van der Waals surface area contributed by atoms with Crippen molar-refractivity contribution < 1.29 is 14.3 Å². The quantitative estimate of drug-likeness (QED) is 0.821. The van der Waals surface area contributed by atoms with Crippen LogP contribution in [0.4, 0.5) is 0 Å². The third kappa shape index (κ3) is 4.45. The lowest BCUT2D eigenvalue weighted by Gasteiger charge is -2.13. The lowest BCUT2D eigenvalue weighted by atomic mass is 9.98. The normalized spacial score (nSPS) is 10.2. The van der Waals surface area contributed by atoms with Gasteiger partial charge in [-0.2, -0.15) is 5.26 Å². The minimum absolute atomic E-state index is 0.112. The molecule has 1 N–H and O–H groups in total. The van der Waals surface area contributed by atoms with Gasteiger partial charge in [0.2, 0.25) is 0 Å². The molecule has 25 heavy (non-hydrogen) atoms. The molecule has 128 valence electrons. The predicted octanol–water partition coefficient (Wildman–Crippen LogP) is 3.30. The van der Waals surface area contributed by atoms with Gasteiger partial charge in [-0.15, -0.1) is 0 Å². The summed E-state index contributed by atoms with van der Waals surface area (Å²) in [7, 11) is 1.60. The zero-order valence-electron chi connectivity index (χ0n) is 14.5. The first-order valence-corrected chi connectivity index (χ1v) is 7.95. The van der Waals surface area contributed by atoms with E-state index in [1.807, 2.05) is 19.9 Å². The molecule has 5 heteroatoms. The fourth-order valence-corrected chi connectivity index (χ4v) is 2.45. The van der Waals surface area contributed by atoms with E-state index in [1.165, 1.54) is 6.07 Å². The molecule has 0 spiro atoms. The number of carbonyl (C=O) groups is 2. The van der Waals surface area contributed by atoms with E-state index in [0.29, 0.717) is 16.7 Å². The molecule has 0 aliphatic heterocycles. The Labute approximate surface area is 147 Å². The number of methoxy groups -OCH3 is 1. The molecule has 0 unspecified atom stereocenters. The fourth-order valence-electron chi connectivity index (χ4n) is 2.45. The first kappa shape index (κ1) is 18.2. The minimum Gasteiger partial charge on any atom is -0.496 e. The Morgan fingerprint density at radius 3 is 2.56 bits per heavy atom. The van der Waals surface area contributed by atoms with Crippen molar-refractivity contribution in [3.8, 4) is 11.8 Å². The van der Waals surface area contributed by atoms with Crippen molar-refractivity contribution in [2.75, 3.05) is 13.7 Å². The molecule has 0 aliphatic rings. The molecule has 0 aromatic heterocycles. The number of hydrogen-bond acceptors (Lipinski definition) is 4. The topological polar surface area (TPSA) is 79.2 Å². The Bertz CT molecular complexity index is 835. The average Bonchev–Trinajstić information content (AvgIpc) is 2.65. The lowest BCUT2D eigenvalue weighted by Crippen LogP contribution is -2.29. The van der Waals surface area contributed by atoms with Crippen LogP contribution in [0.3, 0.4) is 0 Å². The van der Waals surface area contributed by atoms with E-state index in [-0.39, 0.29) is 24.2 Å². The number of rotatable bonds is 6. The Kier molecular flexibility index (Phi) is 5.91. The molecular weight excluding hydrogens is 316 g/mol. The molecule has 0 fully saturated rings. The second-order valence-electron chi connectivity index (χ2n) is 5.91. The maximum absolute atomic E-state index is 12.4. The highest BCUT2D eigenvalue weighted by Gasteiger charge is 2.14. The summed E-state index contributed by atoms with van der Waals surface area (Å²) in [5.41, 5.74) is 2.22. The number of ketones is 1. The van der Waals surface area contributed by atoms with Crippen molar-refractivity contribution in [1.29, 1.82) is 5.26 Å². The molecule has 5 nitrogen and oxygen atoms in total. The Hall–Kier alpha value is -3.13. The number of nitriles is 1. The van der Waals surface area contributed by atoms with Crippen LogP contribution in [0.1, 0.15) is 51.6 Å². The van der Waals surface area contributed by atoms with Crippen LogP contribution in [0.15, 0.2) is 42.5 Å². The summed E-state index contributed by atoms with van der Waals surface area (Å²) in [6.45, 7) is 3.94. The standard InChI is InChI=1S/C20H20N2O3/c1-13(2)17-10-15(7-8-19(17)25-3)18(23)12-22-20(24)16-6-4-5-14(9-16)11-21/h4-10,13H,12H2,1-3H3,(H,22,24). The van der Waals surface area contributed by atoms with Gasteiger partial charge in [-0.05, 0) is 47.9 Å². The van der Waals surface area contributed by atoms with Gasteiger partial charge in [-0.1, -0.05) is 19.9 Å². The number of carbonyl (C=O) groups excluding carboxylic acids is 2. The number of nitrogens with one attached hydrogen (secondary N) is 1. The van der Waals surface area contributed by atoms with E-state index in [0.717, 1.165) is 11.3 Å². The van der Waals surface area contributed by atoms with E-state index in [4.69, 9.17) is 10.00 Å². The van der Waals surface area contributed by atoms with Gasteiger partial charge < -0.3 is 10.1 Å². The van der Waals surface area contributed by atoms with Gasteiger partial charge in [-0.3, -0.25) is 9.59 Å². The van der Waals surface area contributed by atoms with Crippen LogP contribution < -0.4 is 10.1 Å². The number of hydrogen-bond donors (Lipinski definition) is 1. The molecule has 0 saturated carbocycles. The molecule has 0 bridgehead atoms. The number of amides is 1. The summed E-state index contributed by atoms with van der Waals surface area (Å²) in [5, 5.41) is 11.5. The monoisotopic (exact) mass is 336 g/mol. The van der Waals surface area contributed by atoms with E-state index < -0.39 is 0 Å². The molecule has 0 aliphatic carbocycles. The summed E-state index contributed by atoms with van der Waals surface area (Å²) >= 11 is 0. The van der Waals surface area contributed by atoms with Gasteiger partial charge in [0, 0.05) is 11.1 Å². The predicted molar refractivity (Wildman–Crippen MR) is 94.9 cm³/mol. The minimum atomic E-state index is -0.386. The van der Waals surface area contributed by atoms with Crippen molar-refractivity contribution in [2.24, 2.45) is 0 Å². The van der Waals surface area contributed by atoms with E-state index >= 15 is 0 Å². The Balaban J connectivity index is 2.08. The summed E-state index contributed by atoms with van der Waals surface area (Å²) in [5.74, 6) is 0.382. The van der Waals surface area contributed by atoms with Crippen molar-refractivity contribution in [3.05, 3.63) is 64.7 Å². The molecule has 0 heterocycles. The Morgan fingerprint density at radius 1 is 1.16 bits per heavy atom. The smallest absolute Gasteiger partial charge is 0.251 e. The van der Waals surface area contributed by atoms with Crippen molar-refractivity contribution in [2.45, 2.75) is 19.8 Å². The van der Waals surface area contributed by atoms with Gasteiger partial charge in [0.05, 0.1) is 25.3 Å². The molecule has 2 rings (SSSR count). The SMILES string of the molecule is COc1ccc(C(=O)CNC(=O)c2cccc(C#N)c2)cc1C(C)C. The molecule has 2 aromatic carbocycles. The largest absolute Gasteiger partial charge is 0.496 e. The molecular formula is C20H20N2O3. The zero-order valence-corrected chi connectivity index (χ0v) is 14.5. The Morgan fingerprint density at radius 2 is 1.92 bits per heavy atom. The second-order valence-corrected chi connectivity index (χ2v) is 5.91. The van der Waals surface area contributed by atoms with Crippen LogP contribution in [0.2, 0.25) is 0 Å². The van der Waals surface area contributed by atoms with Crippen molar-refractivity contribution in [3.63, 3.8) is 0 Å². The average molecular weight is 336 g/mol. The van der Waals surface area contributed by atoms with Crippen LogP contribution in [-0.2, 0) is 0 Å². The maximum Gasteiger partial charge on any atom is 0.251 e. The van der Waals surface area contributed by atoms with Crippen LogP contribution in [-0.4, -0.2) is 25.3 Å². The number of benzene rings is 2. The van der Waals surface area contributed by atoms with Crippen molar-refractivity contribution >= 4 is 11.7 Å². The lowest BCUT2D eigenvalue weighted by molar-refractivity contribution is 0.0904. The van der Waals surface area contributed by atoms with Crippen LogP contribution in [0.25, 0.3) is 0 Å². The van der Waals surface area contributed by atoms with Crippen molar-refractivity contribution in [1.82, 2.24) is 5.32 Å². The molecule has 2 aromatic rings. The highest BCUT2D eigenvalue weighted by molar-refractivity contribution is 6.02. The van der Waals surface area contributed by atoms with E-state index in [1.54, 1.807) is 43.5 Å². The number of Topliss-reactive ketones (excluding diaryl/α,β-unsaturated/α-hetero) is 1. The third-order valence-corrected chi connectivity index (χ3v) is 3.84. The number of nitrogens with zero attached hydrogens (tertiary/aromatic N) is 1. The van der Waals surface area contributed by atoms with Gasteiger partial charge in [0.15, 0.2) is 5.78 Å².